The molecule has 0 atom stereocenters. The molecule has 0 saturated heterocycles. The number of carbonyl (C=O) groups is 1. The van der Waals surface area contributed by atoms with Crippen LogP contribution in [0.2, 0.25) is 0 Å². The van der Waals surface area contributed by atoms with Crippen LogP contribution in [0.3, 0.4) is 0 Å². The van der Waals surface area contributed by atoms with Gasteiger partial charge in [-0.05, 0) is 40.3 Å². The van der Waals surface area contributed by atoms with Gasteiger partial charge in [0.2, 0.25) is 0 Å². The van der Waals surface area contributed by atoms with Gasteiger partial charge >= 0.3 is 0 Å². The van der Waals surface area contributed by atoms with Crippen molar-refractivity contribution in [2.24, 2.45) is 0 Å². The van der Waals surface area contributed by atoms with Crippen molar-refractivity contribution in [2.75, 3.05) is 0 Å². The molecule has 2 aromatic heterocycles. The third-order valence-electron chi connectivity index (χ3n) is 2.90. The van der Waals surface area contributed by atoms with Crippen molar-refractivity contribution < 1.29 is 4.79 Å². The van der Waals surface area contributed by atoms with E-state index in [0.29, 0.717) is 12.1 Å². The molecule has 3 rings (SSSR count). The highest BCUT2D eigenvalue weighted by molar-refractivity contribution is 5.94. The fourth-order valence-corrected chi connectivity index (χ4v) is 1.86. The lowest BCUT2D eigenvalue weighted by atomic mass is 10.2. The van der Waals surface area contributed by atoms with Crippen molar-refractivity contribution in [3.8, 4) is 5.69 Å². The smallest absolute Gasteiger partial charge is 0.251 e. The number of nitrogens with one attached hydrogen (secondary N) is 1. The van der Waals surface area contributed by atoms with Crippen LogP contribution in [-0.2, 0) is 6.54 Å². The van der Waals surface area contributed by atoms with Crippen molar-refractivity contribution in [1.29, 1.82) is 0 Å². The van der Waals surface area contributed by atoms with Crippen LogP contribution in [0.1, 0.15) is 15.9 Å². The van der Waals surface area contributed by atoms with E-state index in [1.807, 2.05) is 18.2 Å². The lowest BCUT2D eigenvalue weighted by molar-refractivity contribution is 0.0951. The molecule has 0 fully saturated rings. The zero-order valence-corrected chi connectivity index (χ0v) is 11.0. The molecule has 1 amide bonds. The van der Waals surface area contributed by atoms with Crippen LogP contribution < -0.4 is 5.32 Å². The Hall–Kier alpha value is -3.09. The molecule has 0 saturated carbocycles. The van der Waals surface area contributed by atoms with Gasteiger partial charge in [-0.2, -0.15) is 0 Å². The van der Waals surface area contributed by atoms with E-state index in [1.54, 1.807) is 30.6 Å². The molecule has 0 radical (unpaired) electrons. The Bertz CT molecular complexity index is 726. The van der Waals surface area contributed by atoms with Crippen LogP contribution in [0.4, 0.5) is 0 Å². The molecule has 0 aliphatic heterocycles. The Morgan fingerprint density at radius 1 is 1.24 bits per heavy atom. The molecule has 21 heavy (non-hydrogen) atoms. The first kappa shape index (κ1) is 12.9. The summed E-state index contributed by atoms with van der Waals surface area (Å²) < 4.78 is 1.50. The van der Waals surface area contributed by atoms with Crippen LogP contribution in [0.25, 0.3) is 5.69 Å². The second-order valence-corrected chi connectivity index (χ2v) is 4.35. The molecule has 0 aliphatic carbocycles. The van der Waals surface area contributed by atoms with Crippen molar-refractivity contribution in [3.05, 3.63) is 66.2 Å². The largest absolute Gasteiger partial charge is 0.348 e. The van der Waals surface area contributed by atoms with E-state index >= 15 is 0 Å². The molecule has 1 N–H and O–H groups in total. The second-order valence-electron chi connectivity index (χ2n) is 4.35. The summed E-state index contributed by atoms with van der Waals surface area (Å²) in [6, 6.07) is 10.8. The number of benzene rings is 1. The summed E-state index contributed by atoms with van der Waals surface area (Å²) in [4.78, 5) is 16.2. The number of amides is 1. The molecule has 0 unspecified atom stereocenters. The highest BCUT2D eigenvalue weighted by Gasteiger charge is 2.07. The van der Waals surface area contributed by atoms with E-state index in [1.165, 1.54) is 11.0 Å². The molecule has 1 aromatic carbocycles. The summed E-state index contributed by atoms with van der Waals surface area (Å²) in [7, 11) is 0. The van der Waals surface area contributed by atoms with Crippen molar-refractivity contribution >= 4 is 5.91 Å². The van der Waals surface area contributed by atoms with Gasteiger partial charge in [0.25, 0.3) is 5.91 Å². The van der Waals surface area contributed by atoms with Gasteiger partial charge in [0.15, 0.2) is 0 Å². The first-order valence-corrected chi connectivity index (χ1v) is 6.33. The van der Waals surface area contributed by atoms with Gasteiger partial charge in [0.1, 0.15) is 6.33 Å². The Labute approximate surface area is 120 Å². The number of tetrazole rings is 1. The molecule has 7 heteroatoms. The van der Waals surface area contributed by atoms with Crippen LogP contribution in [0, 0.1) is 0 Å². The van der Waals surface area contributed by atoms with E-state index < -0.39 is 0 Å². The average molecular weight is 280 g/mol. The van der Waals surface area contributed by atoms with E-state index in [4.69, 9.17) is 0 Å². The predicted octanol–water partition coefficient (Wildman–Crippen LogP) is 0.987. The zero-order chi connectivity index (χ0) is 14.5. The topological polar surface area (TPSA) is 85.6 Å². The minimum absolute atomic E-state index is 0.159. The third-order valence-corrected chi connectivity index (χ3v) is 2.90. The van der Waals surface area contributed by atoms with Crippen LogP contribution in [0.5, 0.6) is 0 Å². The van der Waals surface area contributed by atoms with Crippen LogP contribution in [-0.4, -0.2) is 31.1 Å². The number of hydrogen-bond donors (Lipinski definition) is 1. The number of hydrogen-bond acceptors (Lipinski definition) is 5. The first-order valence-electron chi connectivity index (χ1n) is 6.33. The third kappa shape index (κ3) is 3.08. The van der Waals surface area contributed by atoms with E-state index in [2.05, 4.69) is 25.8 Å². The summed E-state index contributed by atoms with van der Waals surface area (Å²) >= 11 is 0. The van der Waals surface area contributed by atoms with Crippen molar-refractivity contribution in [2.45, 2.75) is 6.54 Å². The van der Waals surface area contributed by atoms with Crippen LogP contribution >= 0.6 is 0 Å². The maximum Gasteiger partial charge on any atom is 0.251 e. The SMILES string of the molecule is O=C(NCc1cccnc1)c1cccc(-n2cnnn2)c1. The van der Waals surface area contributed by atoms with Gasteiger partial charge in [-0.3, -0.25) is 9.78 Å². The number of rotatable bonds is 4. The minimum Gasteiger partial charge on any atom is -0.348 e. The normalized spacial score (nSPS) is 10.3. The standard InChI is InChI=1S/C14H12N6O/c21-14(16-9-11-3-2-6-15-8-11)12-4-1-5-13(7-12)20-10-17-18-19-20/h1-8,10H,9H2,(H,16,21). The zero-order valence-electron chi connectivity index (χ0n) is 11.0. The number of carbonyl (C=O) groups excluding carboxylic acids is 1. The highest BCUT2D eigenvalue weighted by Crippen LogP contribution is 2.09. The van der Waals surface area contributed by atoms with Gasteiger partial charge in [0.05, 0.1) is 5.69 Å². The molecule has 0 bridgehead atoms. The first-order chi connectivity index (χ1) is 10.3. The summed E-state index contributed by atoms with van der Waals surface area (Å²) in [5.41, 5.74) is 2.23. The highest BCUT2D eigenvalue weighted by atomic mass is 16.1. The lowest BCUT2D eigenvalue weighted by Crippen LogP contribution is -2.23. The monoisotopic (exact) mass is 280 g/mol. The lowest BCUT2D eigenvalue weighted by Gasteiger charge is -2.06. The number of aromatic nitrogens is 5. The Morgan fingerprint density at radius 3 is 2.95 bits per heavy atom. The molecular weight excluding hydrogens is 268 g/mol. The average Bonchev–Trinajstić information content (AvgIpc) is 3.08. The predicted molar refractivity (Wildman–Crippen MR) is 74.6 cm³/mol. The van der Waals surface area contributed by atoms with Gasteiger partial charge in [-0.25, -0.2) is 4.68 Å². The molecule has 0 spiro atoms. The molecule has 7 nitrogen and oxygen atoms in total. The van der Waals surface area contributed by atoms with E-state index in [0.717, 1.165) is 11.3 Å². The summed E-state index contributed by atoms with van der Waals surface area (Å²) in [5.74, 6) is -0.159. The maximum atomic E-state index is 12.1. The summed E-state index contributed by atoms with van der Waals surface area (Å²) in [5, 5.41) is 13.8. The van der Waals surface area contributed by atoms with Crippen molar-refractivity contribution in [1.82, 2.24) is 30.5 Å². The quantitative estimate of drug-likeness (QED) is 0.770. The second kappa shape index (κ2) is 5.91. The van der Waals surface area contributed by atoms with Gasteiger partial charge < -0.3 is 5.32 Å². The van der Waals surface area contributed by atoms with Gasteiger partial charge in [-0.1, -0.05) is 12.1 Å². The molecule has 104 valence electrons. The fourth-order valence-electron chi connectivity index (χ4n) is 1.86. The molecule has 3 aromatic rings. The molecule has 0 aliphatic rings. The minimum atomic E-state index is -0.159. The summed E-state index contributed by atoms with van der Waals surface area (Å²) in [6.45, 7) is 0.432. The molecule has 2 heterocycles. The number of nitrogens with zero attached hydrogens (tertiary/aromatic N) is 5. The fraction of sp³-hybridized carbons (Fsp3) is 0.0714. The van der Waals surface area contributed by atoms with E-state index in [-0.39, 0.29) is 5.91 Å². The molecular formula is C14H12N6O. The Balaban J connectivity index is 1.72. The number of pyridine rings is 1. The van der Waals surface area contributed by atoms with E-state index in [9.17, 15) is 4.79 Å². The maximum absolute atomic E-state index is 12.1. The van der Waals surface area contributed by atoms with Gasteiger partial charge in [0, 0.05) is 24.5 Å². The summed E-state index contributed by atoms with van der Waals surface area (Å²) in [6.07, 6.45) is 4.89. The Morgan fingerprint density at radius 2 is 2.19 bits per heavy atom. The van der Waals surface area contributed by atoms with Gasteiger partial charge in [-0.15, -0.1) is 5.10 Å². The van der Waals surface area contributed by atoms with Crippen molar-refractivity contribution in [3.63, 3.8) is 0 Å². The Kier molecular flexibility index (Phi) is 3.64. The van der Waals surface area contributed by atoms with Crippen LogP contribution in [0.15, 0.2) is 55.1 Å².